The highest BCUT2D eigenvalue weighted by Gasteiger charge is 2.09. The molecule has 0 aromatic carbocycles. The summed E-state index contributed by atoms with van der Waals surface area (Å²) in [6.07, 6.45) is 1.63. The summed E-state index contributed by atoms with van der Waals surface area (Å²) in [5.41, 5.74) is 0.0104. The van der Waals surface area contributed by atoms with Gasteiger partial charge < -0.3 is 5.21 Å². The Balaban J connectivity index is 3.89. The number of hydrogen-bond acceptors (Lipinski definition) is 1. The largest absolute Gasteiger partial charge is 0.624 e. The zero-order valence-corrected chi connectivity index (χ0v) is 5.93. The van der Waals surface area contributed by atoms with Crippen molar-refractivity contribution in [2.45, 2.75) is 20.8 Å². The number of hydroxylamine groups is 1. The van der Waals surface area contributed by atoms with Gasteiger partial charge in [0, 0.05) is 5.41 Å². The summed E-state index contributed by atoms with van der Waals surface area (Å²) in [6, 6.07) is 0. The third-order valence-electron chi connectivity index (χ3n) is 0.569. The highest BCUT2D eigenvalue weighted by molar-refractivity contribution is 5.58. The summed E-state index contributed by atoms with van der Waals surface area (Å²) in [5.74, 6) is 0. The molecular weight excluding hydrogens is 102 g/mol. The van der Waals surface area contributed by atoms with E-state index in [-0.39, 0.29) is 5.41 Å². The molecule has 0 atom stereocenters. The fraction of sp³-hybridized carbons (Fsp3) is 0.833. The van der Waals surface area contributed by atoms with Crippen molar-refractivity contribution >= 4 is 6.21 Å². The summed E-state index contributed by atoms with van der Waals surface area (Å²) in [7, 11) is 1.49. The number of nitrogens with zero attached hydrogens (tertiary/aromatic N) is 1. The first-order chi connectivity index (χ1) is 3.42. The van der Waals surface area contributed by atoms with Crippen LogP contribution in [0.25, 0.3) is 0 Å². The molecule has 0 heterocycles. The van der Waals surface area contributed by atoms with E-state index in [0.717, 1.165) is 4.74 Å². The topological polar surface area (TPSA) is 26.1 Å². The van der Waals surface area contributed by atoms with Gasteiger partial charge in [-0.25, -0.2) is 4.74 Å². The molecule has 2 nitrogen and oxygen atoms in total. The fourth-order valence-electron chi connectivity index (χ4n) is 0.545. The molecule has 48 valence electrons. The Morgan fingerprint density at radius 3 is 1.75 bits per heavy atom. The number of rotatable bonds is 0. The van der Waals surface area contributed by atoms with Crippen molar-refractivity contribution in [3.8, 4) is 0 Å². The lowest BCUT2D eigenvalue weighted by molar-refractivity contribution is -0.421. The lowest BCUT2D eigenvalue weighted by Gasteiger charge is -2.08. The van der Waals surface area contributed by atoms with Crippen LogP contribution in [-0.4, -0.2) is 18.0 Å². The Kier molecular flexibility index (Phi) is 2.02. The highest BCUT2D eigenvalue weighted by Crippen LogP contribution is 2.07. The highest BCUT2D eigenvalue weighted by atomic mass is 16.5. The van der Waals surface area contributed by atoms with Gasteiger partial charge in [0.05, 0.1) is 0 Å². The van der Waals surface area contributed by atoms with Gasteiger partial charge in [-0.3, -0.25) is 0 Å². The molecular formula is C6H13NO. The predicted molar refractivity (Wildman–Crippen MR) is 35.1 cm³/mol. The first-order valence-corrected chi connectivity index (χ1v) is 2.68. The molecule has 0 spiro atoms. The minimum atomic E-state index is 0.0104. The first-order valence-electron chi connectivity index (χ1n) is 2.68. The van der Waals surface area contributed by atoms with Crippen LogP contribution in [0.2, 0.25) is 0 Å². The lowest BCUT2D eigenvalue weighted by atomic mass is 9.99. The SMILES string of the molecule is C/[N+]([O-])=C/C(C)(C)C. The second-order valence-corrected chi connectivity index (χ2v) is 3.04. The van der Waals surface area contributed by atoms with E-state index in [4.69, 9.17) is 0 Å². The van der Waals surface area contributed by atoms with Crippen LogP contribution in [0, 0.1) is 10.6 Å². The monoisotopic (exact) mass is 115 g/mol. The van der Waals surface area contributed by atoms with E-state index >= 15 is 0 Å². The molecule has 0 radical (unpaired) electrons. The fourth-order valence-corrected chi connectivity index (χ4v) is 0.545. The van der Waals surface area contributed by atoms with Crippen molar-refractivity contribution in [1.82, 2.24) is 0 Å². The van der Waals surface area contributed by atoms with E-state index in [1.165, 1.54) is 7.05 Å². The van der Waals surface area contributed by atoms with Gasteiger partial charge in [-0.1, -0.05) is 20.8 Å². The minimum absolute atomic E-state index is 0.0104. The Morgan fingerprint density at radius 2 is 1.75 bits per heavy atom. The van der Waals surface area contributed by atoms with Crippen LogP contribution in [0.4, 0.5) is 0 Å². The van der Waals surface area contributed by atoms with Crippen LogP contribution >= 0.6 is 0 Å². The quantitative estimate of drug-likeness (QED) is 0.202. The molecule has 0 aromatic heterocycles. The molecule has 0 fully saturated rings. The van der Waals surface area contributed by atoms with E-state index < -0.39 is 0 Å². The zero-order valence-electron chi connectivity index (χ0n) is 5.93. The summed E-state index contributed by atoms with van der Waals surface area (Å²) in [6.45, 7) is 5.96. The van der Waals surface area contributed by atoms with Crippen LogP contribution in [0.5, 0.6) is 0 Å². The molecule has 0 saturated carbocycles. The van der Waals surface area contributed by atoms with Crippen LogP contribution in [-0.2, 0) is 0 Å². The lowest BCUT2D eigenvalue weighted by Crippen LogP contribution is -2.13. The van der Waals surface area contributed by atoms with Crippen LogP contribution in [0.1, 0.15) is 20.8 Å². The molecule has 0 aliphatic heterocycles. The maximum atomic E-state index is 10.3. The summed E-state index contributed by atoms with van der Waals surface area (Å²) in [5, 5.41) is 10.3. The van der Waals surface area contributed by atoms with Crippen molar-refractivity contribution in [2.75, 3.05) is 7.05 Å². The van der Waals surface area contributed by atoms with Gasteiger partial charge in [0.15, 0.2) is 6.21 Å². The van der Waals surface area contributed by atoms with E-state index in [0.29, 0.717) is 0 Å². The first kappa shape index (κ1) is 7.47. The molecule has 0 amide bonds. The van der Waals surface area contributed by atoms with Gasteiger partial charge in [0.25, 0.3) is 0 Å². The van der Waals surface area contributed by atoms with Gasteiger partial charge in [-0.2, -0.15) is 0 Å². The van der Waals surface area contributed by atoms with E-state index in [2.05, 4.69) is 0 Å². The van der Waals surface area contributed by atoms with Gasteiger partial charge >= 0.3 is 0 Å². The average Bonchev–Trinajstić information content (AvgIpc) is 1.21. The molecule has 0 aliphatic rings. The molecule has 0 aromatic rings. The molecule has 0 aliphatic carbocycles. The Labute approximate surface area is 50.4 Å². The maximum absolute atomic E-state index is 10.3. The van der Waals surface area contributed by atoms with Gasteiger partial charge in [0.2, 0.25) is 0 Å². The van der Waals surface area contributed by atoms with E-state index in [1.807, 2.05) is 20.8 Å². The van der Waals surface area contributed by atoms with Gasteiger partial charge in [0.1, 0.15) is 7.05 Å². The number of hydrogen-bond donors (Lipinski definition) is 0. The summed E-state index contributed by atoms with van der Waals surface area (Å²) in [4.78, 5) is 0. The zero-order chi connectivity index (χ0) is 6.78. The smallest absolute Gasteiger partial charge is 0.156 e. The minimum Gasteiger partial charge on any atom is -0.624 e. The van der Waals surface area contributed by atoms with Crippen molar-refractivity contribution in [3.05, 3.63) is 5.21 Å². The predicted octanol–water partition coefficient (Wildman–Crippen LogP) is 1.24. The van der Waals surface area contributed by atoms with Crippen LogP contribution in [0.3, 0.4) is 0 Å². The van der Waals surface area contributed by atoms with E-state index in [1.54, 1.807) is 6.21 Å². The van der Waals surface area contributed by atoms with Crippen LogP contribution < -0.4 is 0 Å². The second-order valence-electron chi connectivity index (χ2n) is 3.04. The second kappa shape index (κ2) is 2.16. The molecule has 0 rings (SSSR count). The standard InChI is InChI=1S/C6H13NO/c1-6(2,3)5-7(4)8/h5H,1-4H3/b7-5-. The van der Waals surface area contributed by atoms with Gasteiger partial charge in [-0.05, 0) is 0 Å². The van der Waals surface area contributed by atoms with Crippen molar-refractivity contribution in [1.29, 1.82) is 0 Å². The molecule has 0 saturated heterocycles. The molecule has 0 N–H and O–H groups in total. The molecule has 8 heavy (non-hydrogen) atoms. The molecule has 0 bridgehead atoms. The van der Waals surface area contributed by atoms with Gasteiger partial charge in [-0.15, -0.1) is 0 Å². The Bertz CT molecular complexity index is 95.6. The Morgan fingerprint density at radius 1 is 1.38 bits per heavy atom. The van der Waals surface area contributed by atoms with Crippen molar-refractivity contribution < 1.29 is 4.74 Å². The van der Waals surface area contributed by atoms with E-state index in [9.17, 15) is 5.21 Å². The third kappa shape index (κ3) is 5.47. The normalized spacial score (nSPS) is 14.2. The average molecular weight is 115 g/mol. The van der Waals surface area contributed by atoms with Crippen LogP contribution in [0.15, 0.2) is 0 Å². The summed E-state index contributed by atoms with van der Waals surface area (Å²) < 4.78 is 0.833. The van der Waals surface area contributed by atoms with Crippen molar-refractivity contribution in [2.24, 2.45) is 5.41 Å². The Hall–Kier alpha value is -0.530. The molecule has 2 heteroatoms. The third-order valence-corrected chi connectivity index (χ3v) is 0.569. The molecule has 0 unspecified atom stereocenters. The maximum Gasteiger partial charge on any atom is 0.156 e. The summed E-state index contributed by atoms with van der Waals surface area (Å²) >= 11 is 0. The van der Waals surface area contributed by atoms with Crippen molar-refractivity contribution in [3.63, 3.8) is 0 Å².